The molecule has 0 bridgehead atoms. The summed E-state index contributed by atoms with van der Waals surface area (Å²) < 4.78 is 13.2. The minimum Gasteiger partial charge on any atom is -0.458 e. The molecule has 2 nitrogen and oxygen atoms in total. The highest BCUT2D eigenvalue weighted by Gasteiger charge is 2.40. The first-order chi connectivity index (χ1) is 23.7. The molecule has 7 aromatic rings. The van der Waals surface area contributed by atoms with Gasteiger partial charge in [-0.1, -0.05) is 140 Å². The van der Waals surface area contributed by atoms with Crippen LogP contribution in [0, 0.1) is 6.92 Å². The number of benzene rings is 7. The molecule has 0 unspecified atom stereocenters. The summed E-state index contributed by atoms with van der Waals surface area (Å²) >= 11 is 0. The second-order valence-electron chi connectivity index (χ2n) is 12.8. The fourth-order valence-electron chi connectivity index (χ4n) is 7.50. The van der Waals surface area contributed by atoms with E-state index >= 15 is 0 Å². The molecule has 0 radical (unpaired) electrons. The van der Waals surface area contributed by atoms with Crippen LogP contribution in [0.15, 0.2) is 158 Å². The van der Waals surface area contributed by atoms with E-state index in [1.807, 2.05) is 6.07 Å². The van der Waals surface area contributed by atoms with Gasteiger partial charge in [0.1, 0.15) is 23.0 Å². The van der Waals surface area contributed by atoms with E-state index in [1.165, 1.54) is 49.9 Å². The van der Waals surface area contributed by atoms with Crippen LogP contribution in [-0.4, -0.2) is 6.71 Å². The molecule has 9 rings (SSSR count). The summed E-state index contributed by atoms with van der Waals surface area (Å²) in [5, 5.41) is 0. The number of aryl methyl sites for hydroxylation is 3. The van der Waals surface area contributed by atoms with Gasteiger partial charge in [0.05, 0.1) is 0 Å². The third kappa shape index (κ3) is 4.91. The molecule has 48 heavy (non-hydrogen) atoms. The van der Waals surface area contributed by atoms with E-state index in [2.05, 4.69) is 159 Å². The van der Waals surface area contributed by atoms with Gasteiger partial charge >= 0.3 is 0 Å². The highest BCUT2D eigenvalue weighted by molar-refractivity contribution is 6.98. The molecule has 0 aliphatic carbocycles. The second kappa shape index (κ2) is 11.8. The van der Waals surface area contributed by atoms with Crippen molar-refractivity contribution in [1.82, 2.24) is 0 Å². The van der Waals surface area contributed by atoms with Crippen molar-refractivity contribution in [3.8, 4) is 56.4 Å². The number of para-hydroxylation sites is 1. The lowest BCUT2D eigenvalue weighted by molar-refractivity contribution is 0.465. The van der Waals surface area contributed by atoms with Gasteiger partial charge in [-0.2, -0.15) is 0 Å². The van der Waals surface area contributed by atoms with Crippen LogP contribution in [0.1, 0.15) is 16.7 Å². The van der Waals surface area contributed by atoms with Crippen molar-refractivity contribution in [2.75, 3.05) is 0 Å². The molecule has 7 aromatic carbocycles. The lowest BCUT2D eigenvalue weighted by Crippen LogP contribution is -2.57. The highest BCUT2D eigenvalue weighted by atomic mass is 16.5. The first kappa shape index (κ1) is 28.4. The third-order valence-corrected chi connectivity index (χ3v) is 9.93. The molecule has 0 fully saturated rings. The molecule has 2 aliphatic heterocycles. The molecule has 0 saturated carbocycles. The van der Waals surface area contributed by atoms with Gasteiger partial charge in [-0.25, -0.2) is 0 Å². The minimum absolute atomic E-state index is 0.0138. The van der Waals surface area contributed by atoms with E-state index in [4.69, 9.17) is 9.47 Å². The molecule has 228 valence electrons. The Balaban J connectivity index is 1.04. The molecular formula is C45H33BO2. The summed E-state index contributed by atoms with van der Waals surface area (Å²) in [7, 11) is 0. The SMILES string of the molecule is Cc1ccccc1-c1ccccc1CCc1ccc(-c2ccc3c(c2)B2c4cccc(-c5ccccc5)c4Oc4cccc(c42)O3)cc1. The molecule has 0 amide bonds. The third-order valence-electron chi connectivity index (χ3n) is 9.93. The molecule has 2 heterocycles. The minimum atomic E-state index is 0.0138. The smallest absolute Gasteiger partial charge is 0.260 e. The molecule has 0 saturated heterocycles. The van der Waals surface area contributed by atoms with Gasteiger partial charge in [0, 0.05) is 11.0 Å². The summed E-state index contributed by atoms with van der Waals surface area (Å²) in [4.78, 5) is 0. The Hall–Kier alpha value is -5.80. The fraction of sp³-hybridized carbons (Fsp3) is 0.0667. The van der Waals surface area contributed by atoms with Gasteiger partial charge < -0.3 is 9.47 Å². The average molecular weight is 617 g/mol. The van der Waals surface area contributed by atoms with Gasteiger partial charge in [0.15, 0.2) is 0 Å². The van der Waals surface area contributed by atoms with Crippen LogP contribution in [0.25, 0.3) is 33.4 Å². The molecule has 0 aromatic heterocycles. The van der Waals surface area contributed by atoms with Crippen LogP contribution < -0.4 is 25.9 Å². The van der Waals surface area contributed by atoms with Crippen molar-refractivity contribution in [2.45, 2.75) is 19.8 Å². The van der Waals surface area contributed by atoms with Crippen LogP contribution >= 0.6 is 0 Å². The van der Waals surface area contributed by atoms with Gasteiger partial charge in [0.2, 0.25) is 0 Å². The fourth-order valence-corrected chi connectivity index (χ4v) is 7.50. The zero-order valence-corrected chi connectivity index (χ0v) is 26.8. The zero-order valence-electron chi connectivity index (χ0n) is 26.8. The van der Waals surface area contributed by atoms with Crippen LogP contribution in [0.2, 0.25) is 0 Å². The summed E-state index contributed by atoms with van der Waals surface area (Å²) in [5.41, 5.74) is 14.7. The van der Waals surface area contributed by atoms with Gasteiger partial charge in [-0.3, -0.25) is 0 Å². The van der Waals surface area contributed by atoms with Gasteiger partial charge in [0.25, 0.3) is 6.71 Å². The molecule has 0 N–H and O–H groups in total. The standard InChI is InChI=1S/C45H33BO2/c1-30-11-5-7-15-36(30)37-16-8-6-14-34(37)26-23-31-21-24-32(25-22-31)35-27-28-41-40(29-35)46-39-18-9-17-38(33-12-3-2-4-13-33)45(39)48-43-20-10-19-42(47-41)44(43)46/h2-22,24-25,27-29H,23,26H2,1H3. The molecular weight excluding hydrogens is 583 g/mol. The Morgan fingerprint density at radius 1 is 0.458 bits per heavy atom. The lowest BCUT2D eigenvalue weighted by atomic mass is 9.34. The van der Waals surface area contributed by atoms with Crippen LogP contribution in [0.3, 0.4) is 0 Å². The van der Waals surface area contributed by atoms with E-state index in [0.717, 1.165) is 52.4 Å². The van der Waals surface area contributed by atoms with E-state index in [-0.39, 0.29) is 6.71 Å². The normalized spacial score (nSPS) is 12.3. The summed E-state index contributed by atoms with van der Waals surface area (Å²) in [6, 6.07) is 56.3. The second-order valence-corrected chi connectivity index (χ2v) is 12.8. The summed E-state index contributed by atoms with van der Waals surface area (Å²) in [6.45, 7) is 2.21. The predicted molar refractivity (Wildman–Crippen MR) is 199 cm³/mol. The van der Waals surface area contributed by atoms with Crippen molar-refractivity contribution in [2.24, 2.45) is 0 Å². The monoisotopic (exact) mass is 616 g/mol. The molecule has 3 heteroatoms. The maximum absolute atomic E-state index is 6.67. The summed E-state index contributed by atoms with van der Waals surface area (Å²) in [6.07, 6.45) is 1.99. The van der Waals surface area contributed by atoms with Crippen molar-refractivity contribution >= 4 is 23.1 Å². The maximum Gasteiger partial charge on any atom is 0.260 e. The largest absolute Gasteiger partial charge is 0.458 e. The predicted octanol–water partition coefficient (Wildman–Crippen LogP) is 9.51. The lowest BCUT2D eigenvalue weighted by Gasteiger charge is -2.34. The molecule has 0 spiro atoms. The first-order valence-electron chi connectivity index (χ1n) is 16.8. The van der Waals surface area contributed by atoms with Crippen molar-refractivity contribution in [3.63, 3.8) is 0 Å². The maximum atomic E-state index is 6.67. The van der Waals surface area contributed by atoms with Crippen LogP contribution in [-0.2, 0) is 12.8 Å². The van der Waals surface area contributed by atoms with Crippen molar-refractivity contribution in [1.29, 1.82) is 0 Å². The number of fused-ring (bicyclic) bond motifs is 4. The zero-order chi connectivity index (χ0) is 32.0. The number of rotatable bonds is 6. The Morgan fingerprint density at radius 3 is 1.98 bits per heavy atom. The quantitative estimate of drug-likeness (QED) is 0.173. The van der Waals surface area contributed by atoms with Crippen LogP contribution in [0.4, 0.5) is 0 Å². The van der Waals surface area contributed by atoms with E-state index < -0.39 is 0 Å². The average Bonchev–Trinajstić information content (AvgIpc) is 3.14. The van der Waals surface area contributed by atoms with Crippen molar-refractivity contribution in [3.05, 3.63) is 174 Å². The topological polar surface area (TPSA) is 18.5 Å². The molecule has 0 atom stereocenters. The van der Waals surface area contributed by atoms with Gasteiger partial charge in [-0.15, -0.1) is 0 Å². The number of hydrogen-bond acceptors (Lipinski definition) is 2. The van der Waals surface area contributed by atoms with E-state index in [9.17, 15) is 0 Å². The van der Waals surface area contributed by atoms with Crippen molar-refractivity contribution < 1.29 is 9.47 Å². The number of ether oxygens (including phenoxy) is 2. The summed E-state index contributed by atoms with van der Waals surface area (Å²) in [5.74, 6) is 3.54. The van der Waals surface area contributed by atoms with E-state index in [1.54, 1.807) is 0 Å². The van der Waals surface area contributed by atoms with Gasteiger partial charge in [-0.05, 0) is 93.4 Å². The Morgan fingerprint density at radius 2 is 1.15 bits per heavy atom. The first-order valence-corrected chi connectivity index (χ1v) is 16.8. The molecule has 2 aliphatic rings. The Labute approximate surface area is 282 Å². The number of hydrogen-bond donors (Lipinski definition) is 0. The highest BCUT2D eigenvalue weighted by Crippen LogP contribution is 2.39. The Kier molecular flexibility index (Phi) is 6.97. The van der Waals surface area contributed by atoms with E-state index in [0.29, 0.717) is 0 Å². The Bertz CT molecular complexity index is 2310. The van der Waals surface area contributed by atoms with Crippen LogP contribution in [0.5, 0.6) is 23.0 Å².